The summed E-state index contributed by atoms with van der Waals surface area (Å²) in [4.78, 5) is 15.0. The van der Waals surface area contributed by atoms with Crippen molar-refractivity contribution in [3.05, 3.63) is 60.2 Å². The number of rotatable bonds is 5. The molecule has 5 nitrogen and oxygen atoms in total. The Morgan fingerprint density at radius 1 is 0.929 bits per heavy atom. The molecule has 1 saturated heterocycles. The molecule has 0 aliphatic carbocycles. The van der Waals surface area contributed by atoms with E-state index in [9.17, 15) is 13.2 Å². The van der Waals surface area contributed by atoms with E-state index in [4.69, 9.17) is 0 Å². The standard InChI is InChI=1S/C22H28N2O3S/c1-2-24(20-13-7-6-8-14-20)28(26,27)21-15-11-12-19(18-21)22(25)23-16-9-4-3-5-10-17-23/h6-8,11-15,18H,2-5,9-10,16-17H2,1H3. The van der Waals surface area contributed by atoms with Crippen molar-refractivity contribution in [2.24, 2.45) is 0 Å². The zero-order valence-electron chi connectivity index (χ0n) is 16.4. The Morgan fingerprint density at radius 2 is 1.57 bits per heavy atom. The molecule has 0 unspecified atom stereocenters. The lowest BCUT2D eigenvalue weighted by Gasteiger charge is -2.26. The predicted octanol–water partition coefficient (Wildman–Crippen LogP) is 4.31. The van der Waals surface area contributed by atoms with Crippen LogP contribution in [0.2, 0.25) is 0 Å². The van der Waals surface area contributed by atoms with Gasteiger partial charge in [0, 0.05) is 25.2 Å². The Bertz CT molecular complexity index is 889. The van der Waals surface area contributed by atoms with Crippen LogP contribution in [0, 0.1) is 0 Å². The summed E-state index contributed by atoms with van der Waals surface area (Å²) in [6.07, 6.45) is 5.51. The van der Waals surface area contributed by atoms with Gasteiger partial charge in [-0.1, -0.05) is 43.5 Å². The van der Waals surface area contributed by atoms with Crippen LogP contribution in [-0.2, 0) is 10.0 Å². The van der Waals surface area contributed by atoms with E-state index in [1.807, 2.05) is 23.1 Å². The number of carbonyl (C=O) groups is 1. The van der Waals surface area contributed by atoms with Gasteiger partial charge < -0.3 is 4.90 Å². The normalized spacial score (nSPS) is 15.5. The van der Waals surface area contributed by atoms with Crippen LogP contribution in [0.25, 0.3) is 0 Å². The van der Waals surface area contributed by atoms with Gasteiger partial charge in [0.15, 0.2) is 0 Å². The van der Waals surface area contributed by atoms with Gasteiger partial charge in [-0.15, -0.1) is 0 Å². The molecule has 1 amide bonds. The summed E-state index contributed by atoms with van der Waals surface area (Å²) in [6, 6.07) is 15.5. The molecule has 0 N–H and O–H groups in total. The molecule has 1 heterocycles. The minimum Gasteiger partial charge on any atom is -0.339 e. The SMILES string of the molecule is CCN(c1ccccc1)S(=O)(=O)c1cccc(C(=O)N2CCCCCCC2)c1. The third kappa shape index (κ3) is 4.55. The summed E-state index contributed by atoms with van der Waals surface area (Å²) < 4.78 is 27.8. The fraction of sp³-hybridized carbons (Fsp3) is 0.409. The van der Waals surface area contributed by atoms with Crippen molar-refractivity contribution in [2.75, 3.05) is 23.9 Å². The van der Waals surface area contributed by atoms with Gasteiger partial charge in [0.25, 0.3) is 15.9 Å². The van der Waals surface area contributed by atoms with Crippen molar-refractivity contribution in [3.8, 4) is 0 Å². The monoisotopic (exact) mass is 400 g/mol. The summed E-state index contributed by atoms with van der Waals surface area (Å²) in [5, 5.41) is 0. The van der Waals surface area contributed by atoms with E-state index in [0.717, 1.165) is 38.8 Å². The quantitative estimate of drug-likeness (QED) is 0.751. The Hall–Kier alpha value is -2.34. The average molecular weight is 401 g/mol. The van der Waals surface area contributed by atoms with Gasteiger partial charge in [-0.3, -0.25) is 9.10 Å². The van der Waals surface area contributed by atoms with E-state index in [2.05, 4.69) is 0 Å². The molecule has 6 heteroatoms. The maximum absolute atomic E-state index is 13.2. The van der Waals surface area contributed by atoms with Gasteiger partial charge in [-0.25, -0.2) is 8.42 Å². The number of likely N-dealkylation sites (tertiary alicyclic amines) is 1. The molecule has 0 saturated carbocycles. The highest BCUT2D eigenvalue weighted by atomic mass is 32.2. The second-order valence-corrected chi connectivity index (χ2v) is 8.96. The van der Waals surface area contributed by atoms with E-state index in [1.165, 1.54) is 16.8 Å². The van der Waals surface area contributed by atoms with Crippen LogP contribution >= 0.6 is 0 Å². The molecule has 2 aromatic carbocycles. The van der Waals surface area contributed by atoms with Crippen molar-refractivity contribution >= 4 is 21.6 Å². The summed E-state index contributed by atoms with van der Waals surface area (Å²) in [5.41, 5.74) is 1.05. The number of hydrogen-bond acceptors (Lipinski definition) is 3. The van der Waals surface area contributed by atoms with Crippen LogP contribution in [0.4, 0.5) is 5.69 Å². The smallest absolute Gasteiger partial charge is 0.264 e. The second kappa shape index (κ2) is 9.24. The molecule has 3 rings (SSSR count). The van der Waals surface area contributed by atoms with Crippen LogP contribution in [0.15, 0.2) is 59.5 Å². The van der Waals surface area contributed by atoms with E-state index < -0.39 is 10.0 Å². The summed E-state index contributed by atoms with van der Waals surface area (Å²) in [7, 11) is -3.74. The van der Waals surface area contributed by atoms with Gasteiger partial charge in [0.1, 0.15) is 0 Å². The number of sulfonamides is 1. The molecule has 1 aliphatic rings. The van der Waals surface area contributed by atoms with Gasteiger partial charge in [-0.2, -0.15) is 0 Å². The minimum atomic E-state index is -3.74. The van der Waals surface area contributed by atoms with Crippen LogP contribution in [0.1, 0.15) is 49.4 Å². The molecule has 0 bridgehead atoms. The molecule has 0 atom stereocenters. The largest absolute Gasteiger partial charge is 0.339 e. The van der Waals surface area contributed by atoms with Crippen molar-refractivity contribution in [3.63, 3.8) is 0 Å². The molecule has 0 radical (unpaired) electrons. The van der Waals surface area contributed by atoms with Gasteiger partial charge >= 0.3 is 0 Å². The summed E-state index contributed by atoms with van der Waals surface area (Å²) in [5.74, 6) is -0.0818. The first-order valence-corrected chi connectivity index (χ1v) is 11.4. The lowest BCUT2D eigenvalue weighted by atomic mass is 10.1. The molecule has 0 spiro atoms. The molecular formula is C22H28N2O3S. The first kappa shape index (κ1) is 20.4. The van der Waals surface area contributed by atoms with Crippen LogP contribution in [0.3, 0.4) is 0 Å². The minimum absolute atomic E-state index is 0.0818. The molecule has 0 aromatic heterocycles. The number of anilines is 1. The maximum atomic E-state index is 13.2. The van der Waals surface area contributed by atoms with Gasteiger partial charge in [0.2, 0.25) is 0 Å². The summed E-state index contributed by atoms with van der Waals surface area (Å²) in [6.45, 7) is 3.60. The zero-order chi connectivity index (χ0) is 20.0. The third-order valence-corrected chi connectivity index (χ3v) is 7.04. The molecular weight excluding hydrogens is 372 g/mol. The Morgan fingerprint density at radius 3 is 2.21 bits per heavy atom. The van der Waals surface area contributed by atoms with Crippen molar-refractivity contribution < 1.29 is 13.2 Å². The Labute approximate surface area is 168 Å². The lowest BCUT2D eigenvalue weighted by molar-refractivity contribution is 0.0742. The van der Waals surface area contributed by atoms with Crippen molar-refractivity contribution in [2.45, 2.75) is 43.9 Å². The number of para-hydroxylation sites is 1. The molecule has 28 heavy (non-hydrogen) atoms. The predicted molar refractivity (Wildman–Crippen MR) is 112 cm³/mol. The van der Waals surface area contributed by atoms with Crippen LogP contribution in [-0.4, -0.2) is 38.9 Å². The first-order chi connectivity index (χ1) is 13.5. The second-order valence-electron chi connectivity index (χ2n) is 7.09. The molecule has 2 aromatic rings. The highest BCUT2D eigenvalue weighted by Crippen LogP contribution is 2.24. The van der Waals surface area contributed by atoms with Crippen LogP contribution in [0.5, 0.6) is 0 Å². The molecule has 150 valence electrons. The zero-order valence-corrected chi connectivity index (χ0v) is 17.2. The topological polar surface area (TPSA) is 57.7 Å². The maximum Gasteiger partial charge on any atom is 0.264 e. The number of benzene rings is 2. The number of carbonyl (C=O) groups excluding carboxylic acids is 1. The lowest BCUT2D eigenvalue weighted by Crippen LogP contribution is -2.34. The van der Waals surface area contributed by atoms with Gasteiger partial charge in [-0.05, 0) is 50.1 Å². The molecule has 1 aliphatic heterocycles. The Balaban J connectivity index is 1.88. The third-order valence-electron chi connectivity index (χ3n) is 5.14. The average Bonchev–Trinajstić information content (AvgIpc) is 2.69. The van der Waals surface area contributed by atoms with E-state index >= 15 is 0 Å². The first-order valence-electron chi connectivity index (χ1n) is 10.0. The summed E-state index contributed by atoms with van der Waals surface area (Å²) >= 11 is 0. The highest BCUT2D eigenvalue weighted by molar-refractivity contribution is 7.92. The van der Waals surface area contributed by atoms with E-state index in [1.54, 1.807) is 37.3 Å². The van der Waals surface area contributed by atoms with Crippen LogP contribution < -0.4 is 4.31 Å². The number of amides is 1. The number of hydrogen-bond donors (Lipinski definition) is 0. The van der Waals surface area contributed by atoms with E-state index in [-0.39, 0.29) is 10.8 Å². The Kier molecular flexibility index (Phi) is 6.73. The highest BCUT2D eigenvalue weighted by Gasteiger charge is 2.25. The van der Waals surface area contributed by atoms with Crippen molar-refractivity contribution in [1.29, 1.82) is 0 Å². The molecule has 1 fully saturated rings. The van der Waals surface area contributed by atoms with Gasteiger partial charge in [0.05, 0.1) is 10.6 Å². The fourth-order valence-electron chi connectivity index (χ4n) is 3.64. The van der Waals surface area contributed by atoms with Crippen molar-refractivity contribution in [1.82, 2.24) is 4.90 Å². The fourth-order valence-corrected chi connectivity index (χ4v) is 5.16. The number of nitrogens with zero attached hydrogens (tertiary/aromatic N) is 2. The van der Waals surface area contributed by atoms with E-state index in [0.29, 0.717) is 17.8 Å².